The monoisotopic (exact) mass is 387 g/mol. The van der Waals surface area contributed by atoms with E-state index in [0.717, 1.165) is 34.5 Å². The molecule has 136 valence electrons. The van der Waals surface area contributed by atoms with Crippen molar-refractivity contribution in [1.29, 1.82) is 0 Å². The predicted molar refractivity (Wildman–Crippen MR) is 108 cm³/mol. The molecule has 2 aromatic heterocycles. The molecule has 4 rings (SSSR count). The number of aromatic amines is 1. The fraction of sp³-hybridized carbons (Fsp3) is 0.400. The fourth-order valence-electron chi connectivity index (χ4n) is 3.75. The van der Waals surface area contributed by atoms with E-state index < -0.39 is 0 Å². The molecule has 4 nitrogen and oxygen atoms in total. The van der Waals surface area contributed by atoms with Gasteiger partial charge in [0.25, 0.3) is 5.56 Å². The zero-order valence-corrected chi connectivity index (χ0v) is 16.5. The van der Waals surface area contributed by atoms with Crippen molar-refractivity contribution in [3.05, 3.63) is 61.5 Å². The number of aryl methyl sites for hydroxylation is 2. The van der Waals surface area contributed by atoms with Crippen molar-refractivity contribution in [1.82, 2.24) is 15.3 Å². The van der Waals surface area contributed by atoms with E-state index in [9.17, 15) is 4.79 Å². The molecule has 0 fully saturated rings. The van der Waals surface area contributed by atoms with Gasteiger partial charge in [0.15, 0.2) is 0 Å². The number of hydrogen-bond donors (Lipinski definition) is 2. The molecule has 2 N–H and O–H groups in total. The number of fused-ring (bicyclic) bond motifs is 3. The highest BCUT2D eigenvalue weighted by Crippen LogP contribution is 2.34. The van der Waals surface area contributed by atoms with Gasteiger partial charge >= 0.3 is 0 Å². The minimum atomic E-state index is -0.00112. The van der Waals surface area contributed by atoms with Crippen LogP contribution in [0.2, 0.25) is 5.02 Å². The molecule has 0 amide bonds. The molecule has 0 aliphatic heterocycles. The molecule has 6 heteroatoms. The molecule has 0 radical (unpaired) electrons. The number of halogens is 1. The van der Waals surface area contributed by atoms with E-state index in [2.05, 4.69) is 24.1 Å². The van der Waals surface area contributed by atoms with Crippen LogP contribution in [0.5, 0.6) is 0 Å². The number of rotatable bonds is 5. The van der Waals surface area contributed by atoms with E-state index >= 15 is 0 Å². The normalized spacial score (nSPS) is 14.9. The van der Waals surface area contributed by atoms with Crippen LogP contribution in [0.25, 0.3) is 10.2 Å². The quantitative estimate of drug-likeness (QED) is 0.671. The second-order valence-electron chi connectivity index (χ2n) is 7.20. The number of benzene rings is 1. The number of hydrogen-bond acceptors (Lipinski definition) is 4. The van der Waals surface area contributed by atoms with E-state index in [1.165, 1.54) is 16.0 Å². The summed E-state index contributed by atoms with van der Waals surface area (Å²) in [5, 5.41) is 5.09. The van der Waals surface area contributed by atoms with Gasteiger partial charge < -0.3 is 10.3 Å². The van der Waals surface area contributed by atoms with Crippen molar-refractivity contribution in [2.24, 2.45) is 5.92 Å². The topological polar surface area (TPSA) is 57.8 Å². The number of thiophene rings is 1. The lowest BCUT2D eigenvalue weighted by molar-refractivity contribution is 0.406. The SMILES string of the molecule is CC(C)C(NCc1nc2sc3c(c2c(=O)[nH]1)CCC3)c1ccc(Cl)cc1. The Morgan fingerprint density at radius 1 is 1.27 bits per heavy atom. The lowest BCUT2D eigenvalue weighted by Gasteiger charge is -2.23. The van der Waals surface area contributed by atoms with Crippen molar-refractivity contribution < 1.29 is 0 Å². The summed E-state index contributed by atoms with van der Waals surface area (Å²) in [6.45, 7) is 4.88. The highest BCUT2D eigenvalue weighted by atomic mass is 35.5. The maximum Gasteiger partial charge on any atom is 0.259 e. The summed E-state index contributed by atoms with van der Waals surface area (Å²) in [6.07, 6.45) is 3.23. The molecule has 1 unspecified atom stereocenters. The molecule has 0 spiro atoms. The average Bonchev–Trinajstić information content (AvgIpc) is 3.16. The molecule has 1 aromatic carbocycles. The second kappa shape index (κ2) is 7.14. The van der Waals surface area contributed by atoms with Crippen LogP contribution in [-0.4, -0.2) is 9.97 Å². The third-order valence-electron chi connectivity index (χ3n) is 5.01. The van der Waals surface area contributed by atoms with Crippen LogP contribution >= 0.6 is 22.9 Å². The Kier molecular flexibility index (Phi) is 4.86. The lowest BCUT2D eigenvalue weighted by Crippen LogP contribution is -2.27. The van der Waals surface area contributed by atoms with Crippen molar-refractivity contribution in [2.45, 2.75) is 45.7 Å². The van der Waals surface area contributed by atoms with Gasteiger partial charge in [-0.25, -0.2) is 4.98 Å². The maximum atomic E-state index is 12.6. The number of aromatic nitrogens is 2. The molecule has 2 heterocycles. The van der Waals surface area contributed by atoms with Crippen LogP contribution in [0.15, 0.2) is 29.1 Å². The first-order chi connectivity index (χ1) is 12.5. The fourth-order valence-corrected chi connectivity index (χ4v) is 5.15. The summed E-state index contributed by atoms with van der Waals surface area (Å²) in [4.78, 5) is 22.5. The first kappa shape index (κ1) is 17.7. The molecule has 0 saturated heterocycles. The molecule has 1 atom stereocenters. The minimum absolute atomic E-state index is 0.00112. The summed E-state index contributed by atoms with van der Waals surface area (Å²) < 4.78 is 0. The van der Waals surface area contributed by atoms with Crippen molar-refractivity contribution in [2.75, 3.05) is 0 Å². The Morgan fingerprint density at radius 3 is 2.77 bits per heavy atom. The van der Waals surface area contributed by atoms with E-state index in [4.69, 9.17) is 16.6 Å². The van der Waals surface area contributed by atoms with E-state index in [1.807, 2.05) is 24.3 Å². The largest absolute Gasteiger partial charge is 0.309 e. The van der Waals surface area contributed by atoms with Gasteiger partial charge in [-0.2, -0.15) is 0 Å². The zero-order valence-electron chi connectivity index (χ0n) is 14.9. The third-order valence-corrected chi connectivity index (χ3v) is 6.45. The number of nitrogens with zero attached hydrogens (tertiary/aromatic N) is 1. The second-order valence-corrected chi connectivity index (χ2v) is 8.72. The highest BCUT2D eigenvalue weighted by Gasteiger charge is 2.21. The maximum absolute atomic E-state index is 12.6. The summed E-state index contributed by atoms with van der Waals surface area (Å²) in [7, 11) is 0. The van der Waals surface area contributed by atoms with Crippen molar-refractivity contribution in [3.8, 4) is 0 Å². The van der Waals surface area contributed by atoms with Gasteiger partial charge in [0, 0.05) is 15.9 Å². The number of nitrogens with one attached hydrogen (secondary N) is 2. The third kappa shape index (κ3) is 3.31. The Balaban J connectivity index is 1.58. The van der Waals surface area contributed by atoms with Crippen LogP contribution in [0, 0.1) is 5.92 Å². The Hall–Kier alpha value is -1.69. The van der Waals surface area contributed by atoms with Gasteiger partial charge in [-0.3, -0.25) is 4.79 Å². The number of H-pyrrole nitrogens is 1. The first-order valence-corrected chi connectivity index (χ1v) is 10.2. The standard InChI is InChI=1S/C20H22ClN3OS/c1-11(2)18(12-6-8-13(21)9-7-12)22-10-16-23-19(25)17-14-4-3-5-15(14)26-20(17)24-16/h6-9,11,18,22H,3-5,10H2,1-2H3,(H,23,24,25). The molecule has 0 bridgehead atoms. The summed E-state index contributed by atoms with van der Waals surface area (Å²) in [6, 6.07) is 8.08. The molecule has 26 heavy (non-hydrogen) atoms. The van der Waals surface area contributed by atoms with Crippen LogP contribution in [0.4, 0.5) is 0 Å². The molecular formula is C20H22ClN3OS. The van der Waals surface area contributed by atoms with Gasteiger partial charge in [0.2, 0.25) is 0 Å². The summed E-state index contributed by atoms with van der Waals surface area (Å²) >= 11 is 7.68. The Labute approximate surface area is 161 Å². The van der Waals surface area contributed by atoms with Crippen LogP contribution < -0.4 is 10.9 Å². The lowest BCUT2D eigenvalue weighted by atomic mass is 9.96. The minimum Gasteiger partial charge on any atom is -0.309 e. The van der Waals surface area contributed by atoms with E-state index in [1.54, 1.807) is 11.3 Å². The first-order valence-electron chi connectivity index (χ1n) is 9.05. The van der Waals surface area contributed by atoms with Gasteiger partial charge in [0.05, 0.1) is 11.9 Å². The molecule has 3 aromatic rings. The van der Waals surface area contributed by atoms with Crippen LogP contribution in [-0.2, 0) is 19.4 Å². The van der Waals surface area contributed by atoms with E-state index in [-0.39, 0.29) is 11.6 Å². The van der Waals surface area contributed by atoms with E-state index in [0.29, 0.717) is 18.3 Å². The van der Waals surface area contributed by atoms with Crippen molar-refractivity contribution in [3.63, 3.8) is 0 Å². The smallest absolute Gasteiger partial charge is 0.259 e. The summed E-state index contributed by atoms with van der Waals surface area (Å²) in [5.74, 6) is 1.10. The van der Waals surface area contributed by atoms with Gasteiger partial charge in [-0.05, 0) is 48.4 Å². The molecule has 0 saturated carbocycles. The average molecular weight is 388 g/mol. The van der Waals surface area contributed by atoms with Crippen LogP contribution in [0.1, 0.15) is 48.1 Å². The Bertz CT molecular complexity index is 991. The predicted octanol–water partition coefficient (Wildman–Crippen LogP) is 4.61. The van der Waals surface area contributed by atoms with Gasteiger partial charge in [-0.15, -0.1) is 11.3 Å². The highest BCUT2D eigenvalue weighted by molar-refractivity contribution is 7.18. The molecular weight excluding hydrogens is 366 g/mol. The van der Waals surface area contributed by atoms with Gasteiger partial charge in [-0.1, -0.05) is 37.6 Å². The Morgan fingerprint density at radius 2 is 2.04 bits per heavy atom. The van der Waals surface area contributed by atoms with Crippen LogP contribution in [0.3, 0.4) is 0 Å². The van der Waals surface area contributed by atoms with Crippen molar-refractivity contribution >= 4 is 33.2 Å². The van der Waals surface area contributed by atoms with Gasteiger partial charge in [0.1, 0.15) is 10.7 Å². The molecule has 1 aliphatic carbocycles. The molecule has 1 aliphatic rings. The summed E-state index contributed by atoms with van der Waals surface area (Å²) in [5.41, 5.74) is 2.40. The zero-order chi connectivity index (χ0) is 18.3.